The van der Waals surface area contributed by atoms with Gasteiger partial charge in [0, 0.05) is 43.5 Å². The number of aromatic nitrogens is 4. The lowest BCUT2D eigenvalue weighted by molar-refractivity contribution is 0.311. The molecule has 1 fully saturated rings. The molecule has 4 rings (SSSR count). The summed E-state index contributed by atoms with van der Waals surface area (Å²) < 4.78 is 1.88. The number of nitrogens with zero attached hydrogens (tertiary/aromatic N) is 6. The molecule has 0 N–H and O–H groups in total. The van der Waals surface area contributed by atoms with Crippen LogP contribution in [0.25, 0.3) is 17.2 Å². The molecule has 124 valence electrons. The van der Waals surface area contributed by atoms with Crippen LogP contribution >= 0.6 is 0 Å². The third kappa shape index (κ3) is 2.73. The molecule has 1 aromatic carbocycles. The third-order valence-corrected chi connectivity index (χ3v) is 4.56. The van der Waals surface area contributed by atoms with E-state index in [4.69, 9.17) is 5.10 Å². The second kappa shape index (κ2) is 5.87. The zero-order chi connectivity index (χ0) is 16.7. The van der Waals surface area contributed by atoms with E-state index in [9.17, 15) is 0 Å². The number of aryl methyl sites for hydroxylation is 2. The molecular weight excluding hydrogens is 300 g/mol. The summed E-state index contributed by atoms with van der Waals surface area (Å²) in [5, 5.41) is 4.74. The first-order valence-electron chi connectivity index (χ1n) is 8.35. The Morgan fingerprint density at radius 2 is 1.62 bits per heavy atom. The summed E-state index contributed by atoms with van der Waals surface area (Å²) in [6.07, 6.45) is 0. The summed E-state index contributed by atoms with van der Waals surface area (Å²) in [5.74, 6) is 2.47. The smallest absolute Gasteiger partial charge is 0.254 e. The van der Waals surface area contributed by atoms with Gasteiger partial charge >= 0.3 is 0 Å². The Morgan fingerprint density at radius 1 is 0.917 bits per heavy atom. The van der Waals surface area contributed by atoms with E-state index >= 15 is 0 Å². The van der Waals surface area contributed by atoms with E-state index in [0.29, 0.717) is 5.78 Å². The summed E-state index contributed by atoms with van der Waals surface area (Å²) in [7, 11) is 2.16. The number of hydrogen-bond acceptors (Lipinski definition) is 5. The second-order valence-electron chi connectivity index (χ2n) is 6.56. The standard InChI is InChI=1S/C18H22N6/c1-13-4-6-15(7-5-13)17-20-18-19-14(2)12-16(24(18)21-17)23-10-8-22(3)9-11-23/h4-7,12H,8-11H2,1-3H3. The minimum atomic E-state index is 0.666. The number of piperazine rings is 1. The molecule has 3 aromatic rings. The highest BCUT2D eigenvalue weighted by Crippen LogP contribution is 2.22. The number of benzene rings is 1. The van der Waals surface area contributed by atoms with Crippen LogP contribution in [0, 0.1) is 13.8 Å². The summed E-state index contributed by atoms with van der Waals surface area (Å²) in [4.78, 5) is 13.9. The van der Waals surface area contributed by atoms with Gasteiger partial charge in [-0.2, -0.15) is 9.50 Å². The lowest BCUT2D eigenvalue weighted by Crippen LogP contribution is -2.45. The van der Waals surface area contributed by atoms with Gasteiger partial charge in [0.15, 0.2) is 5.82 Å². The van der Waals surface area contributed by atoms with Crippen molar-refractivity contribution in [3.05, 3.63) is 41.6 Å². The van der Waals surface area contributed by atoms with E-state index in [2.05, 4.69) is 64.1 Å². The third-order valence-electron chi connectivity index (χ3n) is 4.56. The molecule has 24 heavy (non-hydrogen) atoms. The van der Waals surface area contributed by atoms with Crippen LogP contribution < -0.4 is 4.90 Å². The van der Waals surface area contributed by atoms with Gasteiger partial charge in [-0.1, -0.05) is 29.8 Å². The predicted octanol–water partition coefficient (Wildman–Crippen LogP) is 2.16. The summed E-state index contributed by atoms with van der Waals surface area (Å²) in [6, 6.07) is 10.4. The van der Waals surface area contributed by atoms with E-state index in [-0.39, 0.29) is 0 Å². The van der Waals surface area contributed by atoms with Gasteiger partial charge in [-0.25, -0.2) is 4.98 Å². The fourth-order valence-corrected chi connectivity index (χ4v) is 3.05. The molecule has 6 nitrogen and oxygen atoms in total. The Bertz CT molecular complexity index is 859. The van der Waals surface area contributed by atoms with E-state index in [1.165, 1.54) is 5.56 Å². The van der Waals surface area contributed by atoms with Gasteiger partial charge in [-0.05, 0) is 20.9 Å². The molecule has 0 radical (unpaired) electrons. The minimum Gasteiger partial charge on any atom is -0.354 e. The van der Waals surface area contributed by atoms with Gasteiger partial charge in [0.1, 0.15) is 5.82 Å². The SMILES string of the molecule is Cc1ccc(-c2nc3nc(C)cc(N4CCN(C)CC4)n3n2)cc1. The van der Waals surface area contributed by atoms with Crippen LogP contribution in [-0.2, 0) is 0 Å². The summed E-state index contributed by atoms with van der Waals surface area (Å²) in [5.41, 5.74) is 3.22. The Hall–Kier alpha value is -2.47. The van der Waals surface area contributed by atoms with Crippen LogP contribution in [0.5, 0.6) is 0 Å². The molecule has 0 atom stereocenters. The van der Waals surface area contributed by atoms with E-state index in [0.717, 1.165) is 49.1 Å². The molecule has 0 bridgehead atoms. The molecule has 6 heteroatoms. The first-order chi connectivity index (χ1) is 11.6. The molecule has 0 amide bonds. The molecule has 0 unspecified atom stereocenters. The van der Waals surface area contributed by atoms with Crippen LogP contribution in [0.15, 0.2) is 30.3 Å². The summed E-state index contributed by atoms with van der Waals surface area (Å²) in [6.45, 7) is 8.20. The minimum absolute atomic E-state index is 0.666. The van der Waals surface area contributed by atoms with Gasteiger partial charge in [-0.15, -0.1) is 5.10 Å². The normalized spacial score (nSPS) is 16.0. The van der Waals surface area contributed by atoms with Gasteiger partial charge in [0.05, 0.1) is 0 Å². The Balaban J connectivity index is 1.78. The van der Waals surface area contributed by atoms with Crippen molar-refractivity contribution in [1.29, 1.82) is 0 Å². The monoisotopic (exact) mass is 322 g/mol. The molecule has 0 spiro atoms. The molecule has 1 saturated heterocycles. The molecule has 1 aliphatic rings. The van der Waals surface area contributed by atoms with Gasteiger partial charge in [0.25, 0.3) is 5.78 Å². The van der Waals surface area contributed by atoms with Gasteiger partial charge in [0.2, 0.25) is 0 Å². The average molecular weight is 322 g/mol. The van der Waals surface area contributed by atoms with Crippen molar-refractivity contribution in [3.63, 3.8) is 0 Å². The zero-order valence-electron chi connectivity index (χ0n) is 14.4. The van der Waals surface area contributed by atoms with Crippen molar-refractivity contribution < 1.29 is 0 Å². The quantitative estimate of drug-likeness (QED) is 0.724. The maximum absolute atomic E-state index is 4.74. The first-order valence-corrected chi connectivity index (χ1v) is 8.35. The fourth-order valence-electron chi connectivity index (χ4n) is 3.05. The number of likely N-dealkylation sites (N-methyl/N-ethyl adjacent to an activating group) is 1. The van der Waals surface area contributed by atoms with Crippen molar-refractivity contribution in [2.45, 2.75) is 13.8 Å². The van der Waals surface area contributed by atoms with Crippen LogP contribution in [0.4, 0.5) is 5.82 Å². The molecule has 0 saturated carbocycles. The fraction of sp³-hybridized carbons (Fsp3) is 0.389. The molecule has 3 heterocycles. The van der Waals surface area contributed by atoms with Gasteiger partial charge < -0.3 is 9.80 Å². The number of hydrogen-bond donors (Lipinski definition) is 0. The van der Waals surface area contributed by atoms with Crippen LogP contribution in [0.2, 0.25) is 0 Å². The highest BCUT2D eigenvalue weighted by molar-refractivity contribution is 5.59. The molecular formula is C18H22N6. The molecule has 0 aliphatic carbocycles. The van der Waals surface area contributed by atoms with E-state index in [1.54, 1.807) is 0 Å². The topological polar surface area (TPSA) is 49.6 Å². The maximum atomic E-state index is 4.74. The molecule has 2 aromatic heterocycles. The number of rotatable bonds is 2. The van der Waals surface area contributed by atoms with Crippen molar-refractivity contribution in [2.24, 2.45) is 0 Å². The number of fused-ring (bicyclic) bond motifs is 1. The lowest BCUT2D eigenvalue weighted by Gasteiger charge is -2.33. The average Bonchev–Trinajstić information content (AvgIpc) is 2.99. The van der Waals surface area contributed by atoms with Gasteiger partial charge in [-0.3, -0.25) is 0 Å². The Morgan fingerprint density at radius 3 is 2.33 bits per heavy atom. The zero-order valence-corrected chi connectivity index (χ0v) is 14.4. The largest absolute Gasteiger partial charge is 0.354 e. The Labute approximate surface area is 141 Å². The van der Waals surface area contributed by atoms with Crippen LogP contribution in [-0.4, -0.2) is 57.7 Å². The second-order valence-corrected chi connectivity index (χ2v) is 6.56. The summed E-state index contributed by atoms with van der Waals surface area (Å²) >= 11 is 0. The maximum Gasteiger partial charge on any atom is 0.254 e. The number of anilines is 1. The first kappa shape index (κ1) is 15.1. The van der Waals surface area contributed by atoms with E-state index in [1.807, 2.05) is 11.4 Å². The highest BCUT2D eigenvalue weighted by Gasteiger charge is 2.19. The lowest BCUT2D eigenvalue weighted by atomic mass is 10.1. The van der Waals surface area contributed by atoms with E-state index < -0.39 is 0 Å². The van der Waals surface area contributed by atoms with Crippen LogP contribution in [0.3, 0.4) is 0 Å². The molecule has 1 aliphatic heterocycles. The van der Waals surface area contributed by atoms with Crippen LogP contribution in [0.1, 0.15) is 11.3 Å². The van der Waals surface area contributed by atoms with Crippen molar-refractivity contribution >= 4 is 11.6 Å². The predicted molar refractivity (Wildman–Crippen MR) is 95.4 cm³/mol. The Kier molecular flexibility index (Phi) is 3.69. The van der Waals surface area contributed by atoms with Crippen molar-refractivity contribution in [1.82, 2.24) is 24.5 Å². The van der Waals surface area contributed by atoms with Crippen molar-refractivity contribution in [2.75, 3.05) is 38.1 Å². The highest BCUT2D eigenvalue weighted by atomic mass is 15.4. The van der Waals surface area contributed by atoms with Crippen molar-refractivity contribution in [3.8, 4) is 11.4 Å².